The Bertz CT molecular complexity index is 436. The van der Waals surface area contributed by atoms with Crippen LogP contribution in [0, 0.1) is 0 Å². The minimum Gasteiger partial charge on any atom is -0.370 e. The van der Waals surface area contributed by atoms with Crippen LogP contribution >= 0.6 is 15.6 Å². The average molecular weight is 478 g/mol. The molecule has 0 aromatic carbocycles. The summed E-state index contributed by atoms with van der Waals surface area (Å²) in [5.41, 5.74) is 0.331. The molecular formula is C19H44O9P2. The predicted octanol–water partition coefficient (Wildman–Crippen LogP) is 4.79. The van der Waals surface area contributed by atoms with E-state index in [9.17, 15) is 0 Å². The van der Waals surface area contributed by atoms with E-state index in [1.54, 1.807) is 0 Å². The molecule has 0 spiro atoms. The molecule has 1 fully saturated rings. The van der Waals surface area contributed by atoms with Crippen molar-refractivity contribution in [1.29, 1.82) is 0 Å². The third-order valence-electron chi connectivity index (χ3n) is 4.93. The summed E-state index contributed by atoms with van der Waals surface area (Å²) in [7, 11) is -9.28. The highest BCUT2D eigenvalue weighted by molar-refractivity contribution is 7.45. The first-order valence-corrected chi connectivity index (χ1v) is 14.2. The van der Waals surface area contributed by atoms with Crippen LogP contribution in [0.15, 0.2) is 0 Å². The summed E-state index contributed by atoms with van der Waals surface area (Å²) >= 11 is 0. The molecule has 1 heterocycles. The van der Waals surface area contributed by atoms with Gasteiger partial charge >= 0.3 is 15.6 Å². The molecule has 184 valence electrons. The normalized spacial score (nSPS) is 18.1. The molecule has 0 aromatic rings. The number of ether oxygens (including phenoxy) is 1. The fourth-order valence-electron chi connectivity index (χ4n) is 3.09. The van der Waals surface area contributed by atoms with E-state index in [2.05, 4.69) is 13.8 Å². The lowest BCUT2D eigenvalue weighted by Gasteiger charge is -2.08. The molecule has 0 aliphatic carbocycles. The summed E-state index contributed by atoms with van der Waals surface area (Å²) in [6, 6.07) is 0. The molecule has 9 nitrogen and oxygen atoms in total. The van der Waals surface area contributed by atoms with E-state index in [1.807, 2.05) is 0 Å². The first-order chi connectivity index (χ1) is 13.8. The molecule has 30 heavy (non-hydrogen) atoms. The van der Waals surface area contributed by atoms with Gasteiger partial charge in [-0.15, -0.1) is 0 Å². The SMILES string of the molecule is CCCCCCCCCCCCCCCC1(CC)CO1.O=P(O)(O)O.O=P(O)(O)O. The first-order valence-electron chi connectivity index (χ1n) is 11.0. The van der Waals surface area contributed by atoms with E-state index in [4.69, 9.17) is 43.2 Å². The summed E-state index contributed by atoms with van der Waals surface area (Å²) < 4.78 is 23.3. The fraction of sp³-hybridized carbons (Fsp3) is 1.00. The quantitative estimate of drug-likeness (QED) is 0.110. The fourth-order valence-corrected chi connectivity index (χ4v) is 3.09. The van der Waals surface area contributed by atoms with Crippen LogP contribution in [0.1, 0.15) is 110 Å². The molecule has 1 aliphatic rings. The van der Waals surface area contributed by atoms with Crippen LogP contribution in [0.4, 0.5) is 0 Å². The standard InChI is InChI=1S/C19H38O.2H3O4P/c1-3-5-6-7-8-9-10-11-12-13-14-15-16-17-19(4-2)18-20-19;2*1-5(2,3)4/h3-18H2,1-2H3;2*(H3,1,2,3,4). The van der Waals surface area contributed by atoms with Gasteiger partial charge in [-0.1, -0.05) is 97.3 Å². The third kappa shape index (κ3) is 35.6. The Balaban J connectivity index is 0. The van der Waals surface area contributed by atoms with Crippen LogP contribution < -0.4 is 0 Å². The summed E-state index contributed by atoms with van der Waals surface area (Å²) in [6.45, 7) is 5.58. The van der Waals surface area contributed by atoms with Crippen LogP contribution in [0.5, 0.6) is 0 Å². The van der Waals surface area contributed by atoms with E-state index >= 15 is 0 Å². The summed E-state index contributed by atoms with van der Waals surface area (Å²) in [5.74, 6) is 0. The van der Waals surface area contributed by atoms with Gasteiger partial charge in [0.2, 0.25) is 0 Å². The lowest BCUT2D eigenvalue weighted by molar-refractivity contribution is 0.272. The Kier molecular flexibility index (Phi) is 20.2. The molecular weight excluding hydrogens is 434 g/mol. The second kappa shape index (κ2) is 18.7. The molecule has 1 saturated heterocycles. The Morgan fingerprint density at radius 1 is 0.633 bits per heavy atom. The highest BCUT2D eigenvalue weighted by Crippen LogP contribution is 2.36. The maximum Gasteiger partial charge on any atom is 0.466 e. The highest BCUT2D eigenvalue weighted by Gasteiger charge is 2.41. The lowest BCUT2D eigenvalue weighted by Crippen LogP contribution is -2.08. The topological polar surface area (TPSA) is 168 Å². The largest absolute Gasteiger partial charge is 0.466 e. The van der Waals surface area contributed by atoms with E-state index in [0.29, 0.717) is 5.60 Å². The van der Waals surface area contributed by atoms with Crippen LogP contribution in [-0.2, 0) is 13.9 Å². The summed E-state index contributed by atoms with van der Waals surface area (Å²) in [6.07, 6.45) is 21.3. The molecule has 0 radical (unpaired) electrons. The molecule has 1 atom stereocenters. The lowest BCUT2D eigenvalue weighted by atomic mass is 9.98. The maximum absolute atomic E-state index is 8.88. The van der Waals surface area contributed by atoms with Crippen LogP contribution in [0.2, 0.25) is 0 Å². The van der Waals surface area contributed by atoms with Crippen molar-refractivity contribution in [2.45, 2.75) is 116 Å². The van der Waals surface area contributed by atoms with Gasteiger partial charge in [-0.2, -0.15) is 0 Å². The minimum atomic E-state index is -4.64. The smallest absolute Gasteiger partial charge is 0.370 e. The zero-order chi connectivity index (χ0) is 23.5. The van der Waals surface area contributed by atoms with Crippen molar-refractivity contribution in [3.8, 4) is 0 Å². The van der Waals surface area contributed by atoms with E-state index in [0.717, 1.165) is 6.61 Å². The van der Waals surface area contributed by atoms with Crippen molar-refractivity contribution in [3.05, 3.63) is 0 Å². The second-order valence-electron chi connectivity index (χ2n) is 7.84. The van der Waals surface area contributed by atoms with Crippen LogP contribution in [0.25, 0.3) is 0 Å². The Hall–Kier alpha value is 0.180. The molecule has 6 N–H and O–H groups in total. The van der Waals surface area contributed by atoms with Gasteiger partial charge in [0.15, 0.2) is 0 Å². The van der Waals surface area contributed by atoms with Crippen molar-refractivity contribution in [2.24, 2.45) is 0 Å². The van der Waals surface area contributed by atoms with Crippen molar-refractivity contribution < 1.29 is 43.2 Å². The molecule has 1 unspecified atom stereocenters. The van der Waals surface area contributed by atoms with Gasteiger partial charge in [-0.25, -0.2) is 9.13 Å². The monoisotopic (exact) mass is 478 g/mol. The van der Waals surface area contributed by atoms with Crippen molar-refractivity contribution in [3.63, 3.8) is 0 Å². The number of rotatable bonds is 15. The van der Waals surface area contributed by atoms with Crippen molar-refractivity contribution >= 4 is 15.6 Å². The van der Waals surface area contributed by atoms with Crippen LogP contribution in [0.3, 0.4) is 0 Å². The second-order valence-corrected chi connectivity index (χ2v) is 9.90. The van der Waals surface area contributed by atoms with E-state index < -0.39 is 15.6 Å². The van der Waals surface area contributed by atoms with Gasteiger partial charge in [-0.3, -0.25) is 0 Å². The summed E-state index contributed by atoms with van der Waals surface area (Å²) in [4.78, 5) is 43.1. The number of phosphoric acid groups is 2. The molecule has 0 amide bonds. The summed E-state index contributed by atoms with van der Waals surface area (Å²) in [5, 5.41) is 0. The van der Waals surface area contributed by atoms with Gasteiger partial charge in [0.1, 0.15) is 0 Å². The van der Waals surface area contributed by atoms with Crippen molar-refractivity contribution in [2.75, 3.05) is 6.61 Å². The molecule has 1 aliphatic heterocycles. The molecule has 0 aromatic heterocycles. The van der Waals surface area contributed by atoms with Gasteiger partial charge in [0, 0.05) is 0 Å². The Morgan fingerprint density at radius 3 is 1.13 bits per heavy atom. The van der Waals surface area contributed by atoms with E-state index in [-0.39, 0.29) is 0 Å². The molecule has 11 heteroatoms. The average Bonchev–Trinajstić information content (AvgIpc) is 3.36. The van der Waals surface area contributed by atoms with Gasteiger partial charge in [-0.05, 0) is 12.8 Å². The van der Waals surface area contributed by atoms with Crippen molar-refractivity contribution in [1.82, 2.24) is 0 Å². The molecule has 0 saturated carbocycles. The highest BCUT2D eigenvalue weighted by atomic mass is 31.2. The minimum absolute atomic E-state index is 0.331. The Morgan fingerprint density at radius 2 is 0.900 bits per heavy atom. The molecule has 1 rings (SSSR count). The molecule has 0 bridgehead atoms. The number of hydrogen-bond acceptors (Lipinski definition) is 3. The number of hydrogen-bond donors (Lipinski definition) is 6. The third-order valence-corrected chi connectivity index (χ3v) is 4.93. The zero-order valence-electron chi connectivity index (χ0n) is 18.6. The van der Waals surface area contributed by atoms with Gasteiger partial charge in [0.05, 0.1) is 12.2 Å². The number of unbranched alkanes of at least 4 members (excludes halogenated alkanes) is 12. The van der Waals surface area contributed by atoms with Crippen LogP contribution in [-0.4, -0.2) is 41.6 Å². The van der Waals surface area contributed by atoms with Gasteiger partial charge in [0.25, 0.3) is 0 Å². The van der Waals surface area contributed by atoms with Gasteiger partial charge < -0.3 is 34.1 Å². The zero-order valence-corrected chi connectivity index (χ0v) is 20.4. The maximum atomic E-state index is 8.88. The Labute approximate surface area is 181 Å². The van der Waals surface area contributed by atoms with E-state index in [1.165, 1.54) is 96.3 Å². The predicted molar refractivity (Wildman–Crippen MR) is 118 cm³/mol. The number of epoxide rings is 1. The first kappa shape index (κ1) is 32.4.